The molecule has 0 bridgehead atoms. The highest BCUT2D eigenvalue weighted by Crippen LogP contribution is 2.25. The third-order valence-electron chi connectivity index (χ3n) is 2.69. The molecule has 1 aliphatic rings. The van der Waals surface area contributed by atoms with Gasteiger partial charge in [-0.15, -0.1) is 0 Å². The van der Waals surface area contributed by atoms with Crippen LogP contribution in [0.1, 0.15) is 19.4 Å². The zero-order valence-corrected chi connectivity index (χ0v) is 9.64. The first-order valence-electron chi connectivity index (χ1n) is 5.14. The molecular formula is C11H13N5O. The summed E-state index contributed by atoms with van der Waals surface area (Å²) in [5.74, 6) is -0.492. The molecular weight excluding hydrogens is 218 g/mol. The second kappa shape index (κ2) is 3.97. The van der Waals surface area contributed by atoms with Crippen molar-refractivity contribution in [3.8, 4) is 0 Å². The Kier molecular flexibility index (Phi) is 2.63. The van der Waals surface area contributed by atoms with Gasteiger partial charge in [-0.25, -0.2) is 0 Å². The summed E-state index contributed by atoms with van der Waals surface area (Å²) in [4.78, 5) is 15.6. The van der Waals surface area contributed by atoms with Gasteiger partial charge in [-0.1, -0.05) is 0 Å². The van der Waals surface area contributed by atoms with E-state index in [0.29, 0.717) is 11.3 Å². The van der Waals surface area contributed by atoms with Crippen LogP contribution < -0.4 is 11.1 Å². The summed E-state index contributed by atoms with van der Waals surface area (Å²) in [7, 11) is 0. The van der Waals surface area contributed by atoms with Crippen LogP contribution in [0.25, 0.3) is 0 Å². The molecule has 0 aromatic carbocycles. The second-order valence-electron chi connectivity index (χ2n) is 3.97. The van der Waals surface area contributed by atoms with Crippen LogP contribution >= 0.6 is 0 Å². The SMILES string of the molecule is CC1=NC(C)(c2ccnnc2)NC=C1C(N)=O. The van der Waals surface area contributed by atoms with Crippen LogP contribution in [0.5, 0.6) is 0 Å². The molecule has 0 radical (unpaired) electrons. The van der Waals surface area contributed by atoms with Crippen molar-refractivity contribution in [1.82, 2.24) is 15.5 Å². The average molecular weight is 231 g/mol. The molecule has 1 unspecified atom stereocenters. The number of amides is 1. The quantitative estimate of drug-likeness (QED) is 0.754. The van der Waals surface area contributed by atoms with Crippen LogP contribution in [0.4, 0.5) is 0 Å². The number of aromatic nitrogens is 2. The number of nitrogens with two attached hydrogens (primary N) is 1. The fourth-order valence-corrected chi connectivity index (χ4v) is 1.72. The van der Waals surface area contributed by atoms with Gasteiger partial charge in [-0.05, 0) is 19.9 Å². The topological polar surface area (TPSA) is 93.3 Å². The molecule has 6 nitrogen and oxygen atoms in total. The van der Waals surface area contributed by atoms with Gasteiger partial charge in [0, 0.05) is 17.5 Å². The van der Waals surface area contributed by atoms with Crippen LogP contribution in [-0.2, 0) is 10.5 Å². The monoisotopic (exact) mass is 231 g/mol. The Labute approximate surface area is 98.6 Å². The van der Waals surface area contributed by atoms with Crippen molar-refractivity contribution in [3.05, 3.63) is 35.8 Å². The lowest BCUT2D eigenvalue weighted by Gasteiger charge is -2.30. The van der Waals surface area contributed by atoms with Gasteiger partial charge in [-0.3, -0.25) is 9.79 Å². The Morgan fingerprint density at radius 1 is 1.47 bits per heavy atom. The van der Waals surface area contributed by atoms with Gasteiger partial charge >= 0.3 is 0 Å². The number of hydrogen-bond donors (Lipinski definition) is 2. The molecule has 6 heteroatoms. The van der Waals surface area contributed by atoms with Crippen molar-refractivity contribution in [3.63, 3.8) is 0 Å². The lowest BCUT2D eigenvalue weighted by Crippen LogP contribution is -2.40. The van der Waals surface area contributed by atoms with Crippen molar-refractivity contribution in [2.45, 2.75) is 19.5 Å². The molecule has 2 heterocycles. The third-order valence-corrected chi connectivity index (χ3v) is 2.69. The van der Waals surface area contributed by atoms with E-state index in [4.69, 9.17) is 5.73 Å². The van der Waals surface area contributed by atoms with Crippen LogP contribution in [0.15, 0.2) is 35.2 Å². The highest BCUT2D eigenvalue weighted by Gasteiger charge is 2.29. The standard InChI is InChI=1S/C11H13N5O/c1-7-9(10(12)17)6-13-11(2,16-7)8-3-4-14-15-5-8/h3-6,13H,1-2H3,(H2,12,17). The van der Waals surface area contributed by atoms with Crippen molar-refractivity contribution < 1.29 is 4.79 Å². The van der Waals surface area contributed by atoms with Crippen molar-refractivity contribution >= 4 is 11.6 Å². The van der Waals surface area contributed by atoms with E-state index in [2.05, 4.69) is 20.5 Å². The molecule has 1 atom stereocenters. The normalized spacial score (nSPS) is 23.4. The minimum atomic E-state index is -0.640. The minimum absolute atomic E-state index is 0.393. The number of carbonyl (C=O) groups is 1. The van der Waals surface area contributed by atoms with E-state index in [-0.39, 0.29) is 0 Å². The molecule has 1 aromatic heterocycles. The Morgan fingerprint density at radius 2 is 2.24 bits per heavy atom. The van der Waals surface area contributed by atoms with Crippen molar-refractivity contribution in [2.75, 3.05) is 0 Å². The molecule has 0 fully saturated rings. The van der Waals surface area contributed by atoms with E-state index >= 15 is 0 Å². The van der Waals surface area contributed by atoms with E-state index in [9.17, 15) is 4.79 Å². The average Bonchev–Trinajstić information content (AvgIpc) is 2.29. The fourth-order valence-electron chi connectivity index (χ4n) is 1.72. The summed E-state index contributed by atoms with van der Waals surface area (Å²) < 4.78 is 0. The summed E-state index contributed by atoms with van der Waals surface area (Å²) in [5, 5.41) is 10.6. The first-order valence-corrected chi connectivity index (χ1v) is 5.14. The maximum atomic E-state index is 11.1. The van der Waals surface area contributed by atoms with Gasteiger partial charge < -0.3 is 11.1 Å². The van der Waals surface area contributed by atoms with Gasteiger partial charge in [0.2, 0.25) is 0 Å². The number of primary amides is 1. The molecule has 1 aromatic rings. The molecule has 17 heavy (non-hydrogen) atoms. The van der Waals surface area contributed by atoms with Crippen molar-refractivity contribution in [1.29, 1.82) is 0 Å². The summed E-state index contributed by atoms with van der Waals surface area (Å²) in [5.41, 5.74) is 6.46. The molecule has 0 saturated heterocycles. The first-order chi connectivity index (χ1) is 8.03. The molecule has 2 rings (SSSR count). The fraction of sp³-hybridized carbons (Fsp3) is 0.273. The zero-order valence-electron chi connectivity index (χ0n) is 9.64. The summed E-state index contributed by atoms with van der Waals surface area (Å²) >= 11 is 0. The van der Waals surface area contributed by atoms with Crippen LogP contribution in [-0.4, -0.2) is 21.8 Å². The predicted octanol–water partition coefficient (Wildman–Crippen LogP) is 0.0826. The molecule has 3 N–H and O–H groups in total. The Hall–Kier alpha value is -2.24. The molecule has 88 valence electrons. The maximum absolute atomic E-state index is 11.1. The number of nitrogens with zero attached hydrogens (tertiary/aromatic N) is 3. The largest absolute Gasteiger partial charge is 0.365 e. The van der Waals surface area contributed by atoms with Gasteiger partial charge in [0.1, 0.15) is 0 Å². The van der Waals surface area contributed by atoms with E-state index in [1.807, 2.05) is 13.0 Å². The molecule has 0 aliphatic carbocycles. The van der Waals surface area contributed by atoms with Gasteiger partial charge in [-0.2, -0.15) is 10.2 Å². The lowest BCUT2D eigenvalue weighted by molar-refractivity contribution is -0.114. The molecule has 0 spiro atoms. The van der Waals surface area contributed by atoms with Crippen molar-refractivity contribution in [2.24, 2.45) is 10.7 Å². The molecule has 0 saturated carbocycles. The first kappa shape index (κ1) is 11.3. The highest BCUT2D eigenvalue weighted by molar-refractivity contribution is 6.20. The highest BCUT2D eigenvalue weighted by atomic mass is 16.1. The Morgan fingerprint density at radius 3 is 2.76 bits per heavy atom. The summed E-state index contributed by atoms with van der Waals surface area (Å²) in [6.07, 6.45) is 4.82. The van der Waals surface area contributed by atoms with Crippen LogP contribution in [0.3, 0.4) is 0 Å². The Balaban J connectivity index is 2.37. The van der Waals surface area contributed by atoms with E-state index < -0.39 is 11.6 Å². The lowest BCUT2D eigenvalue weighted by atomic mass is 10.0. The molecule has 1 amide bonds. The zero-order chi connectivity index (χ0) is 12.5. The Bertz CT molecular complexity index is 508. The van der Waals surface area contributed by atoms with Gasteiger partial charge in [0.05, 0.1) is 18.0 Å². The number of hydrogen-bond acceptors (Lipinski definition) is 5. The number of rotatable bonds is 2. The number of carbonyl (C=O) groups excluding carboxylic acids is 1. The number of nitrogens with one attached hydrogen (secondary N) is 1. The van der Waals surface area contributed by atoms with E-state index in [1.165, 1.54) is 0 Å². The van der Waals surface area contributed by atoms with Gasteiger partial charge in [0.15, 0.2) is 5.66 Å². The van der Waals surface area contributed by atoms with E-state index in [1.54, 1.807) is 25.5 Å². The third kappa shape index (κ3) is 2.01. The summed E-state index contributed by atoms with van der Waals surface area (Å²) in [6, 6.07) is 1.82. The maximum Gasteiger partial charge on any atom is 0.251 e. The van der Waals surface area contributed by atoms with E-state index in [0.717, 1.165) is 5.56 Å². The van der Waals surface area contributed by atoms with Crippen LogP contribution in [0.2, 0.25) is 0 Å². The molecule has 1 aliphatic heterocycles. The van der Waals surface area contributed by atoms with Gasteiger partial charge in [0.25, 0.3) is 5.91 Å². The minimum Gasteiger partial charge on any atom is -0.365 e. The predicted molar refractivity (Wildman–Crippen MR) is 62.9 cm³/mol. The summed E-state index contributed by atoms with van der Waals surface area (Å²) in [6.45, 7) is 3.64. The number of aliphatic imine (C=N–C) groups is 1. The second-order valence-corrected chi connectivity index (χ2v) is 3.97. The van der Waals surface area contributed by atoms with Crippen LogP contribution in [0, 0.1) is 0 Å². The smallest absolute Gasteiger partial charge is 0.251 e.